The molecule has 0 aliphatic heterocycles. The smallest absolute Gasteiger partial charge is 0.236 e. The van der Waals surface area contributed by atoms with Crippen molar-refractivity contribution in [3.63, 3.8) is 0 Å². The summed E-state index contributed by atoms with van der Waals surface area (Å²) >= 11 is 0. The fourth-order valence-corrected chi connectivity index (χ4v) is 1.46. The molecule has 1 aromatic carbocycles. The van der Waals surface area contributed by atoms with E-state index in [-0.39, 0.29) is 17.2 Å². The van der Waals surface area contributed by atoms with Crippen molar-refractivity contribution in [3.05, 3.63) is 29.8 Å². The molecule has 0 unspecified atom stereocenters. The molecule has 2 N–H and O–H groups in total. The van der Waals surface area contributed by atoms with Gasteiger partial charge in [-0.1, -0.05) is 18.2 Å². The molecule has 18 heavy (non-hydrogen) atoms. The normalized spacial score (nSPS) is 11.3. The second-order valence-electron chi connectivity index (χ2n) is 5.48. The molecule has 1 amide bonds. The van der Waals surface area contributed by atoms with Gasteiger partial charge in [-0.3, -0.25) is 4.79 Å². The summed E-state index contributed by atoms with van der Waals surface area (Å²) < 4.78 is 0. The van der Waals surface area contributed by atoms with Crippen LogP contribution in [0.25, 0.3) is 0 Å². The number of carbonyl (C=O) groups excluding carboxylic acids is 1. The maximum Gasteiger partial charge on any atom is 0.236 e. The molecular formula is C14H22N2O2. The zero-order valence-electron chi connectivity index (χ0n) is 11.5. The van der Waals surface area contributed by atoms with E-state index in [1.807, 2.05) is 32.9 Å². The summed E-state index contributed by atoms with van der Waals surface area (Å²) in [6.45, 7) is 6.76. The van der Waals surface area contributed by atoms with Crippen molar-refractivity contribution in [1.29, 1.82) is 0 Å². The van der Waals surface area contributed by atoms with E-state index in [0.717, 1.165) is 5.56 Å². The minimum Gasteiger partial charge on any atom is -0.508 e. The molecule has 1 rings (SSSR count). The minimum atomic E-state index is -0.0780. The van der Waals surface area contributed by atoms with Crippen LogP contribution in [-0.4, -0.2) is 35.0 Å². The number of para-hydroxylation sites is 1. The van der Waals surface area contributed by atoms with Gasteiger partial charge >= 0.3 is 0 Å². The number of nitrogens with zero attached hydrogens (tertiary/aromatic N) is 1. The summed E-state index contributed by atoms with van der Waals surface area (Å²) in [6, 6.07) is 7.06. The number of benzene rings is 1. The van der Waals surface area contributed by atoms with Crippen LogP contribution in [0.5, 0.6) is 5.75 Å². The zero-order chi connectivity index (χ0) is 13.8. The molecule has 0 atom stereocenters. The molecule has 4 heteroatoms. The number of hydrogen-bond donors (Lipinski definition) is 2. The molecule has 0 bridgehead atoms. The summed E-state index contributed by atoms with van der Waals surface area (Å²) in [4.78, 5) is 13.5. The number of carbonyl (C=O) groups is 1. The van der Waals surface area contributed by atoms with Gasteiger partial charge in [0.25, 0.3) is 0 Å². The van der Waals surface area contributed by atoms with Crippen molar-refractivity contribution in [2.45, 2.75) is 32.9 Å². The second kappa shape index (κ2) is 5.87. The van der Waals surface area contributed by atoms with Crippen LogP contribution in [0.3, 0.4) is 0 Å². The van der Waals surface area contributed by atoms with E-state index in [9.17, 15) is 9.90 Å². The first-order valence-corrected chi connectivity index (χ1v) is 6.05. The van der Waals surface area contributed by atoms with Crippen LogP contribution in [-0.2, 0) is 11.3 Å². The first-order chi connectivity index (χ1) is 8.29. The molecule has 0 fully saturated rings. The standard InChI is InChI=1S/C14H22N2O2/c1-14(2,3)15-9-13(18)16(4)10-11-7-5-6-8-12(11)17/h5-8,15,17H,9-10H2,1-4H3. The van der Waals surface area contributed by atoms with Gasteiger partial charge in [0.1, 0.15) is 5.75 Å². The van der Waals surface area contributed by atoms with Crippen LogP contribution in [0, 0.1) is 0 Å². The van der Waals surface area contributed by atoms with Crippen LogP contribution >= 0.6 is 0 Å². The monoisotopic (exact) mass is 250 g/mol. The third-order valence-corrected chi connectivity index (χ3v) is 2.59. The van der Waals surface area contributed by atoms with Crippen LogP contribution < -0.4 is 5.32 Å². The number of aromatic hydroxyl groups is 1. The van der Waals surface area contributed by atoms with Crippen molar-refractivity contribution >= 4 is 5.91 Å². The van der Waals surface area contributed by atoms with Gasteiger partial charge in [0.2, 0.25) is 5.91 Å². The van der Waals surface area contributed by atoms with E-state index >= 15 is 0 Å². The molecule has 0 saturated heterocycles. The lowest BCUT2D eigenvalue weighted by Crippen LogP contribution is -2.43. The van der Waals surface area contributed by atoms with Gasteiger partial charge in [-0.25, -0.2) is 0 Å². The van der Waals surface area contributed by atoms with E-state index in [0.29, 0.717) is 13.1 Å². The molecular weight excluding hydrogens is 228 g/mol. The summed E-state index contributed by atoms with van der Waals surface area (Å²) in [5, 5.41) is 12.8. The molecule has 1 aromatic rings. The van der Waals surface area contributed by atoms with Gasteiger partial charge in [-0.2, -0.15) is 0 Å². The Morgan fingerprint density at radius 2 is 1.94 bits per heavy atom. The molecule has 100 valence electrons. The maximum absolute atomic E-state index is 11.9. The number of rotatable bonds is 4. The quantitative estimate of drug-likeness (QED) is 0.856. The Morgan fingerprint density at radius 3 is 2.50 bits per heavy atom. The highest BCUT2D eigenvalue weighted by molar-refractivity contribution is 5.78. The first kappa shape index (κ1) is 14.5. The van der Waals surface area contributed by atoms with Crippen LogP contribution in [0.2, 0.25) is 0 Å². The predicted molar refractivity (Wildman–Crippen MR) is 72.3 cm³/mol. The summed E-state index contributed by atoms with van der Waals surface area (Å²) in [6.07, 6.45) is 0. The zero-order valence-corrected chi connectivity index (χ0v) is 11.5. The second-order valence-corrected chi connectivity index (χ2v) is 5.48. The Morgan fingerprint density at radius 1 is 1.33 bits per heavy atom. The lowest BCUT2D eigenvalue weighted by atomic mass is 10.1. The molecule has 4 nitrogen and oxygen atoms in total. The fraction of sp³-hybridized carbons (Fsp3) is 0.500. The Labute approximate surface area is 109 Å². The highest BCUT2D eigenvalue weighted by Gasteiger charge is 2.15. The third kappa shape index (κ3) is 4.75. The number of phenols is 1. The average molecular weight is 250 g/mol. The molecule has 0 aromatic heterocycles. The number of amides is 1. The fourth-order valence-electron chi connectivity index (χ4n) is 1.46. The van der Waals surface area contributed by atoms with E-state index < -0.39 is 0 Å². The summed E-state index contributed by atoms with van der Waals surface area (Å²) in [5.74, 6) is 0.231. The number of likely N-dealkylation sites (N-methyl/N-ethyl adjacent to an activating group) is 1. The van der Waals surface area contributed by atoms with Crippen molar-refractivity contribution in [3.8, 4) is 5.75 Å². The molecule has 0 radical (unpaired) electrons. The lowest BCUT2D eigenvalue weighted by Gasteiger charge is -2.23. The largest absolute Gasteiger partial charge is 0.508 e. The Hall–Kier alpha value is -1.55. The SMILES string of the molecule is CN(Cc1ccccc1O)C(=O)CNC(C)(C)C. The maximum atomic E-state index is 11.9. The van der Waals surface area contributed by atoms with E-state index in [1.54, 1.807) is 24.1 Å². The summed E-state index contributed by atoms with van der Waals surface area (Å²) in [5.41, 5.74) is 0.676. The number of nitrogens with one attached hydrogen (secondary N) is 1. The van der Waals surface area contributed by atoms with Gasteiger partial charge in [0, 0.05) is 24.7 Å². The van der Waals surface area contributed by atoms with Crippen LogP contribution in [0.4, 0.5) is 0 Å². The minimum absolute atomic E-state index is 0.00757. The number of hydrogen-bond acceptors (Lipinski definition) is 3. The van der Waals surface area contributed by atoms with Crippen molar-refractivity contribution in [2.24, 2.45) is 0 Å². The Balaban J connectivity index is 2.53. The lowest BCUT2D eigenvalue weighted by molar-refractivity contribution is -0.129. The highest BCUT2D eigenvalue weighted by Crippen LogP contribution is 2.17. The van der Waals surface area contributed by atoms with Crippen molar-refractivity contribution in [1.82, 2.24) is 10.2 Å². The number of phenolic OH excluding ortho intramolecular Hbond substituents is 1. The van der Waals surface area contributed by atoms with Gasteiger partial charge in [-0.05, 0) is 26.8 Å². The van der Waals surface area contributed by atoms with Gasteiger partial charge < -0.3 is 15.3 Å². The predicted octanol–water partition coefficient (Wildman–Crippen LogP) is 1.74. The molecule has 0 aliphatic rings. The van der Waals surface area contributed by atoms with Gasteiger partial charge in [-0.15, -0.1) is 0 Å². The molecule has 0 saturated carbocycles. The van der Waals surface area contributed by atoms with Crippen molar-refractivity contribution < 1.29 is 9.90 Å². The Kier molecular flexibility index (Phi) is 4.73. The van der Waals surface area contributed by atoms with Crippen LogP contribution in [0.15, 0.2) is 24.3 Å². The Bertz CT molecular complexity index is 411. The molecule has 0 aliphatic carbocycles. The van der Waals surface area contributed by atoms with Gasteiger partial charge in [0.05, 0.1) is 6.54 Å². The molecule has 0 spiro atoms. The molecule has 0 heterocycles. The van der Waals surface area contributed by atoms with E-state index in [1.165, 1.54) is 0 Å². The van der Waals surface area contributed by atoms with E-state index in [4.69, 9.17) is 0 Å². The summed E-state index contributed by atoms with van der Waals surface area (Å²) in [7, 11) is 1.74. The average Bonchev–Trinajstić information content (AvgIpc) is 2.28. The van der Waals surface area contributed by atoms with Crippen LogP contribution in [0.1, 0.15) is 26.3 Å². The first-order valence-electron chi connectivity index (χ1n) is 6.05. The highest BCUT2D eigenvalue weighted by atomic mass is 16.3. The topological polar surface area (TPSA) is 52.6 Å². The third-order valence-electron chi connectivity index (χ3n) is 2.59. The van der Waals surface area contributed by atoms with Crippen molar-refractivity contribution in [2.75, 3.05) is 13.6 Å². The van der Waals surface area contributed by atoms with Gasteiger partial charge in [0.15, 0.2) is 0 Å². The van der Waals surface area contributed by atoms with E-state index in [2.05, 4.69) is 5.32 Å².